The van der Waals surface area contributed by atoms with Crippen LogP contribution in [0.15, 0.2) is 29.8 Å². The summed E-state index contributed by atoms with van der Waals surface area (Å²) in [5, 5.41) is 5.52. The molecule has 16 heavy (non-hydrogen) atoms. The van der Waals surface area contributed by atoms with Crippen molar-refractivity contribution >= 4 is 46.1 Å². The number of amides is 1. The molecular formula is C10H6Cl2N2OS. The fourth-order valence-corrected chi connectivity index (χ4v) is 2.14. The minimum atomic E-state index is -0.315. The summed E-state index contributed by atoms with van der Waals surface area (Å²) in [5.74, 6) is -0.315. The average Bonchev–Trinajstić information content (AvgIpc) is 2.76. The molecule has 0 atom stereocenters. The molecule has 0 unspecified atom stereocenters. The molecule has 2 rings (SSSR count). The summed E-state index contributed by atoms with van der Waals surface area (Å²) in [7, 11) is 0. The quantitative estimate of drug-likeness (QED) is 0.906. The first kappa shape index (κ1) is 11.4. The number of halogens is 2. The predicted octanol–water partition coefficient (Wildman–Crippen LogP) is 3.70. The molecule has 0 fully saturated rings. The van der Waals surface area contributed by atoms with Gasteiger partial charge in [0.25, 0.3) is 5.91 Å². The van der Waals surface area contributed by atoms with Crippen LogP contribution in [0, 0.1) is 0 Å². The molecule has 2 aromatic rings. The number of thiazole rings is 1. The Bertz CT molecular complexity index is 493. The first-order valence-corrected chi connectivity index (χ1v) is 5.97. The molecule has 0 bridgehead atoms. The van der Waals surface area contributed by atoms with Gasteiger partial charge < -0.3 is 5.32 Å². The van der Waals surface area contributed by atoms with Crippen LogP contribution in [0.5, 0.6) is 0 Å². The summed E-state index contributed by atoms with van der Waals surface area (Å²) < 4.78 is 0. The molecule has 82 valence electrons. The molecule has 0 aliphatic carbocycles. The highest BCUT2D eigenvalue weighted by Crippen LogP contribution is 2.30. The number of aromatic nitrogens is 1. The van der Waals surface area contributed by atoms with E-state index < -0.39 is 0 Å². The van der Waals surface area contributed by atoms with Crippen molar-refractivity contribution in [2.24, 2.45) is 0 Å². The maximum Gasteiger partial charge on any atom is 0.284 e. The van der Waals surface area contributed by atoms with Gasteiger partial charge in [-0.15, -0.1) is 11.3 Å². The second-order valence-corrected chi connectivity index (χ2v) is 4.60. The Morgan fingerprint density at radius 1 is 1.31 bits per heavy atom. The molecule has 1 amide bonds. The molecule has 1 aromatic heterocycles. The van der Waals surface area contributed by atoms with Crippen LogP contribution in [-0.2, 0) is 0 Å². The maximum atomic E-state index is 11.7. The van der Waals surface area contributed by atoms with Gasteiger partial charge >= 0.3 is 0 Å². The predicted molar refractivity (Wildman–Crippen MR) is 66.5 cm³/mol. The first-order valence-electron chi connectivity index (χ1n) is 4.33. The van der Waals surface area contributed by atoms with E-state index in [0.717, 1.165) is 0 Å². The highest BCUT2D eigenvalue weighted by molar-refractivity contribution is 7.11. The van der Waals surface area contributed by atoms with Crippen molar-refractivity contribution in [1.82, 2.24) is 4.98 Å². The first-order chi connectivity index (χ1) is 7.68. The van der Waals surface area contributed by atoms with Gasteiger partial charge in [-0.05, 0) is 12.1 Å². The number of hydrogen-bond acceptors (Lipinski definition) is 3. The molecule has 1 N–H and O–H groups in total. The Kier molecular flexibility index (Phi) is 3.43. The largest absolute Gasteiger partial charge is 0.317 e. The Hall–Kier alpha value is -1.10. The fourth-order valence-electron chi connectivity index (χ4n) is 1.12. The van der Waals surface area contributed by atoms with Crippen LogP contribution in [0.4, 0.5) is 5.69 Å². The van der Waals surface area contributed by atoms with Crippen LogP contribution in [0.25, 0.3) is 0 Å². The third-order valence-electron chi connectivity index (χ3n) is 1.83. The molecule has 0 spiro atoms. The second kappa shape index (κ2) is 4.82. The smallest absolute Gasteiger partial charge is 0.284 e. The van der Waals surface area contributed by atoms with E-state index in [1.807, 2.05) is 0 Å². The van der Waals surface area contributed by atoms with Gasteiger partial charge in [0.05, 0.1) is 15.7 Å². The van der Waals surface area contributed by atoms with E-state index in [0.29, 0.717) is 20.7 Å². The van der Waals surface area contributed by atoms with E-state index in [2.05, 4.69) is 10.3 Å². The van der Waals surface area contributed by atoms with Crippen molar-refractivity contribution in [3.8, 4) is 0 Å². The average molecular weight is 273 g/mol. The summed E-state index contributed by atoms with van der Waals surface area (Å²) in [4.78, 5) is 15.6. The van der Waals surface area contributed by atoms with Crippen molar-refractivity contribution < 1.29 is 4.79 Å². The van der Waals surface area contributed by atoms with Crippen LogP contribution in [0.1, 0.15) is 9.80 Å². The van der Waals surface area contributed by atoms with E-state index in [1.54, 1.807) is 29.8 Å². The van der Waals surface area contributed by atoms with Crippen LogP contribution < -0.4 is 5.32 Å². The highest BCUT2D eigenvalue weighted by atomic mass is 35.5. The molecule has 1 heterocycles. The van der Waals surface area contributed by atoms with Crippen molar-refractivity contribution in [2.45, 2.75) is 0 Å². The number of nitrogens with zero attached hydrogens (tertiary/aromatic N) is 1. The Morgan fingerprint density at radius 2 is 2.00 bits per heavy atom. The lowest BCUT2D eigenvalue weighted by molar-refractivity contribution is 0.102. The lowest BCUT2D eigenvalue weighted by Gasteiger charge is -2.07. The number of benzene rings is 1. The number of para-hydroxylation sites is 1. The summed E-state index contributed by atoms with van der Waals surface area (Å²) in [6, 6.07) is 5.03. The molecule has 0 saturated heterocycles. The number of hydrogen-bond donors (Lipinski definition) is 1. The van der Waals surface area contributed by atoms with Gasteiger partial charge in [-0.1, -0.05) is 29.3 Å². The van der Waals surface area contributed by atoms with Crippen LogP contribution >= 0.6 is 34.5 Å². The third kappa shape index (κ3) is 2.35. The van der Waals surface area contributed by atoms with Crippen molar-refractivity contribution in [1.29, 1.82) is 0 Å². The number of carbonyl (C=O) groups excluding carboxylic acids is 1. The molecule has 0 aliphatic heterocycles. The monoisotopic (exact) mass is 272 g/mol. The van der Waals surface area contributed by atoms with Gasteiger partial charge in [0, 0.05) is 11.6 Å². The zero-order chi connectivity index (χ0) is 11.5. The van der Waals surface area contributed by atoms with E-state index >= 15 is 0 Å². The Labute approximate surface area is 106 Å². The minimum absolute atomic E-state index is 0.315. The molecule has 0 saturated carbocycles. The summed E-state index contributed by atoms with van der Waals surface area (Å²) in [6.07, 6.45) is 1.56. The topological polar surface area (TPSA) is 42.0 Å². The van der Waals surface area contributed by atoms with Gasteiger partial charge in [0.2, 0.25) is 0 Å². The third-order valence-corrected chi connectivity index (χ3v) is 3.23. The van der Waals surface area contributed by atoms with E-state index in [1.165, 1.54) is 11.3 Å². The molecule has 0 aliphatic rings. The van der Waals surface area contributed by atoms with E-state index in [9.17, 15) is 4.79 Å². The Morgan fingerprint density at radius 3 is 2.56 bits per heavy atom. The second-order valence-electron chi connectivity index (χ2n) is 2.89. The molecule has 6 heteroatoms. The van der Waals surface area contributed by atoms with Crippen LogP contribution in [-0.4, -0.2) is 10.9 Å². The van der Waals surface area contributed by atoms with Gasteiger partial charge in [-0.25, -0.2) is 4.98 Å². The molecular weight excluding hydrogens is 267 g/mol. The van der Waals surface area contributed by atoms with Crippen LogP contribution in [0.2, 0.25) is 10.0 Å². The standard InChI is InChI=1S/C10H6Cl2N2OS/c11-6-2-1-3-7(12)8(6)14-9(15)10-13-4-5-16-10/h1-5H,(H,14,15). The van der Waals surface area contributed by atoms with Gasteiger partial charge in [0.1, 0.15) is 0 Å². The summed E-state index contributed by atoms with van der Waals surface area (Å²) in [6.45, 7) is 0. The van der Waals surface area contributed by atoms with Gasteiger partial charge in [-0.3, -0.25) is 4.79 Å². The molecule has 3 nitrogen and oxygen atoms in total. The van der Waals surface area contributed by atoms with Crippen molar-refractivity contribution in [2.75, 3.05) is 5.32 Å². The van der Waals surface area contributed by atoms with Crippen molar-refractivity contribution in [3.05, 3.63) is 44.8 Å². The summed E-state index contributed by atoms with van der Waals surface area (Å²) in [5.41, 5.74) is 0.408. The minimum Gasteiger partial charge on any atom is -0.317 e. The zero-order valence-electron chi connectivity index (χ0n) is 7.91. The lowest BCUT2D eigenvalue weighted by Crippen LogP contribution is -2.12. The zero-order valence-corrected chi connectivity index (χ0v) is 10.2. The normalized spacial score (nSPS) is 10.1. The van der Waals surface area contributed by atoms with E-state index in [4.69, 9.17) is 23.2 Å². The fraction of sp³-hybridized carbons (Fsp3) is 0. The van der Waals surface area contributed by atoms with Gasteiger partial charge in [0.15, 0.2) is 5.01 Å². The number of rotatable bonds is 2. The van der Waals surface area contributed by atoms with Crippen molar-refractivity contribution in [3.63, 3.8) is 0 Å². The number of carbonyl (C=O) groups is 1. The maximum absolute atomic E-state index is 11.7. The number of nitrogens with one attached hydrogen (secondary N) is 1. The highest BCUT2D eigenvalue weighted by Gasteiger charge is 2.12. The lowest BCUT2D eigenvalue weighted by atomic mass is 10.3. The Balaban J connectivity index is 2.25. The van der Waals surface area contributed by atoms with Gasteiger partial charge in [-0.2, -0.15) is 0 Å². The van der Waals surface area contributed by atoms with Crippen LogP contribution in [0.3, 0.4) is 0 Å². The molecule has 0 radical (unpaired) electrons. The molecule has 1 aromatic carbocycles. The number of anilines is 1. The summed E-state index contributed by atoms with van der Waals surface area (Å²) >= 11 is 13.1. The van der Waals surface area contributed by atoms with E-state index in [-0.39, 0.29) is 5.91 Å². The SMILES string of the molecule is O=C(Nc1c(Cl)cccc1Cl)c1nccs1.